The van der Waals surface area contributed by atoms with Crippen LogP contribution in [0.25, 0.3) is 10.6 Å². The Kier molecular flexibility index (Phi) is 4.76. The molecule has 1 aliphatic carbocycles. The Bertz CT molecular complexity index is 861. The minimum atomic E-state index is -0.352. The Labute approximate surface area is 156 Å². The highest BCUT2D eigenvalue weighted by Crippen LogP contribution is 2.37. The molecule has 0 N–H and O–H groups in total. The number of benzene rings is 1. The Morgan fingerprint density at radius 1 is 1.35 bits per heavy atom. The fraction of sp³-hybridized carbons (Fsp3) is 0.400. The Hall–Kier alpha value is -2.21. The zero-order chi connectivity index (χ0) is 18.1. The molecule has 4 nitrogen and oxygen atoms in total. The highest BCUT2D eigenvalue weighted by atomic mass is 32.1. The molecule has 0 radical (unpaired) electrons. The molecule has 1 aliphatic heterocycles. The topological polar surface area (TPSA) is 42.4 Å². The van der Waals surface area contributed by atoms with Gasteiger partial charge < -0.3 is 9.64 Å². The van der Waals surface area contributed by atoms with Crippen LogP contribution in [0.5, 0.6) is 5.75 Å². The zero-order valence-electron chi connectivity index (χ0n) is 14.7. The molecule has 1 saturated heterocycles. The number of rotatable bonds is 3. The van der Waals surface area contributed by atoms with E-state index >= 15 is 0 Å². The van der Waals surface area contributed by atoms with Crippen molar-refractivity contribution >= 4 is 17.2 Å². The van der Waals surface area contributed by atoms with Gasteiger partial charge in [-0.2, -0.15) is 0 Å². The summed E-state index contributed by atoms with van der Waals surface area (Å²) in [7, 11) is 1.54. The highest BCUT2D eigenvalue weighted by molar-refractivity contribution is 7.13. The number of thiazole rings is 1. The monoisotopic (exact) mass is 372 g/mol. The summed E-state index contributed by atoms with van der Waals surface area (Å²) >= 11 is 1.34. The zero-order valence-corrected chi connectivity index (χ0v) is 15.5. The first-order chi connectivity index (χ1) is 12.7. The first-order valence-electron chi connectivity index (χ1n) is 8.98. The van der Waals surface area contributed by atoms with Gasteiger partial charge in [-0.25, -0.2) is 9.37 Å². The number of carbonyl (C=O) groups is 1. The molecule has 2 heterocycles. The molecule has 4 rings (SSSR count). The maximum absolute atomic E-state index is 13.6. The number of methoxy groups -OCH3 is 1. The van der Waals surface area contributed by atoms with Gasteiger partial charge in [0.2, 0.25) is 0 Å². The number of allylic oxidation sites excluding steroid dienone is 2. The van der Waals surface area contributed by atoms with Crippen LogP contribution in [0.3, 0.4) is 0 Å². The maximum atomic E-state index is 13.6. The van der Waals surface area contributed by atoms with Crippen molar-refractivity contribution in [2.45, 2.75) is 32.1 Å². The van der Waals surface area contributed by atoms with Gasteiger partial charge in [0.15, 0.2) is 0 Å². The molecule has 0 spiro atoms. The minimum Gasteiger partial charge on any atom is -0.496 e. The van der Waals surface area contributed by atoms with Crippen molar-refractivity contribution in [3.05, 3.63) is 46.9 Å². The summed E-state index contributed by atoms with van der Waals surface area (Å²) in [6.07, 6.45) is 7.82. The standard InChI is InChI=1S/C20H21FN2O2S/c1-25-18-9-8-14(21)11-15(18)19-22-16(12-26-19)20(24)23-10-4-6-13-5-2-3-7-17(13)23/h7-9,11-13H,2-6,10H2,1H3. The second-order valence-corrected chi connectivity index (χ2v) is 7.60. The predicted octanol–water partition coefficient (Wildman–Crippen LogP) is 4.88. The molecule has 0 saturated carbocycles. The number of piperidine rings is 1. The van der Waals surface area contributed by atoms with Gasteiger partial charge in [-0.05, 0) is 56.2 Å². The summed E-state index contributed by atoms with van der Waals surface area (Å²) in [5.74, 6) is 0.645. The molecule has 1 fully saturated rings. The normalized spacial score (nSPS) is 19.7. The number of ether oxygens (including phenoxy) is 1. The van der Waals surface area contributed by atoms with Gasteiger partial charge in [0.05, 0.1) is 12.7 Å². The van der Waals surface area contributed by atoms with E-state index in [-0.39, 0.29) is 11.7 Å². The summed E-state index contributed by atoms with van der Waals surface area (Å²) in [5.41, 5.74) is 2.17. The Morgan fingerprint density at radius 2 is 2.19 bits per heavy atom. The van der Waals surface area contributed by atoms with Crippen LogP contribution in [0, 0.1) is 11.7 Å². The Morgan fingerprint density at radius 3 is 3.04 bits per heavy atom. The van der Waals surface area contributed by atoms with Gasteiger partial charge in [0, 0.05) is 17.6 Å². The molecule has 1 atom stereocenters. The molecule has 0 bridgehead atoms. The van der Waals surface area contributed by atoms with Crippen LogP contribution < -0.4 is 4.74 Å². The van der Waals surface area contributed by atoms with Crippen molar-refractivity contribution in [2.24, 2.45) is 5.92 Å². The smallest absolute Gasteiger partial charge is 0.277 e. The first kappa shape index (κ1) is 17.2. The molecule has 1 unspecified atom stereocenters. The molecule has 1 aromatic carbocycles. The van der Waals surface area contributed by atoms with Gasteiger partial charge in [-0.1, -0.05) is 6.08 Å². The summed E-state index contributed by atoms with van der Waals surface area (Å²) in [6.45, 7) is 0.747. The molecular formula is C20H21FN2O2S. The quantitative estimate of drug-likeness (QED) is 0.771. The molecule has 1 amide bonds. The molecule has 26 heavy (non-hydrogen) atoms. The third-order valence-corrected chi connectivity index (χ3v) is 6.01. The number of nitrogens with zero attached hydrogens (tertiary/aromatic N) is 2. The fourth-order valence-electron chi connectivity index (χ4n) is 3.88. The molecule has 136 valence electrons. The maximum Gasteiger partial charge on any atom is 0.277 e. The molecule has 6 heteroatoms. The lowest BCUT2D eigenvalue weighted by Gasteiger charge is -2.37. The van der Waals surface area contributed by atoms with Crippen LogP contribution in [-0.4, -0.2) is 29.4 Å². The number of hydrogen-bond donors (Lipinski definition) is 0. The van der Waals surface area contributed by atoms with Crippen molar-refractivity contribution in [3.63, 3.8) is 0 Å². The van der Waals surface area contributed by atoms with E-state index in [4.69, 9.17) is 4.74 Å². The number of carbonyl (C=O) groups excluding carboxylic acids is 1. The SMILES string of the molecule is COc1ccc(F)cc1-c1nc(C(=O)N2CCCC3CCCC=C32)cs1. The first-order valence-corrected chi connectivity index (χ1v) is 9.86. The van der Waals surface area contributed by atoms with Crippen LogP contribution in [0.15, 0.2) is 35.4 Å². The van der Waals surface area contributed by atoms with Crippen LogP contribution in [0.2, 0.25) is 0 Å². The van der Waals surface area contributed by atoms with Crippen molar-refractivity contribution in [1.29, 1.82) is 0 Å². The van der Waals surface area contributed by atoms with E-state index in [1.807, 2.05) is 4.90 Å². The van der Waals surface area contributed by atoms with Gasteiger partial charge >= 0.3 is 0 Å². The Balaban J connectivity index is 1.63. The number of aromatic nitrogens is 1. The second kappa shape index (κ2) is 7.19. The third kappa shape index (κ3) is 3.14. The van der Waals surface area contributed by atoms with Crippen molar-refractivity contribution in [1.82, 2.24) is 9.88 Å². The van der Waals surface area contributed by atoms with E-state index in [1.54, 1.807) is 18.6 Å². The summed E-state index contributed by atoms with van der Waals surface area (Å²) < 4.78 is 19.0. The largest absolute Gasteiger partial charge is 0.496 e. The molecule has 2 aromatic rings. The summed E-state index contributed by atoms with van der Waals surface area (Å²) in [4.78, 5) is 19.4. The molecular weight excluding hydrogens is 351 g/mol. The van der Waals surface area contributed by atoms with E-state index in [1.165, 1.54) is 48.4 Å². The number of amides is 1. The average Bonchev–Trinajstić information content (AvgIpc) is 3.17. The number of halogens is 1. The van der Waals surface area contributed by atoms with Gasteiger partial charge in [-0.3, -0.25) is 4.79 Å². The lowest BCUT2D eigenvalue weighted by Crippen LogP contribution is -2.39. The van der Waals surface area contributed by atoms with Crippen LogP contribution >= 0.6 is 11.3 Å². The third-order valence-electron chi connectivity index (χ3n) is 5.13. The highest BCUT2D eigenvalue weighted by Gasteiger charge is 2.31. The predicted molar refractivity (Wildman–Crippen MR) is 99.8 cm³/mol. The van der Waals surface area contributed by atoms with E-state index in [2.05, 4.69) is 11.1 Å². The van der Waals surface area contributed by atoms with Crippen molar-refractivity contribution in [3.8, 4) is 16.3 Å². The lowest BCUT2D eigenvalue weighted by atomic mass is 9.85. The minimum absolute atomic E-state index is 0.0549. The molecule has 1 aromatic heterocycles. The number of likely N-dealkylation sites (tertiary alicyclic amines) is 1. The number of hydrogen-bond acceptors (Lipinski definition) is 4. The summed E-state index contributed by atoms with van der Waals surface area (Å²) in [6, 6.07) is 4.33. The molecule has 2 aliphatic rings. The average molecular weight is 372 g/mol. The van der Waals surface area contributed by atoms with Gasteiger partial charge in [0.1, 0.15) is 22.3 Å². The van der Waals surface area contributed by atoms with Crippen LogP contribution in [0.1, 0.15) is 42.6 Å². The van der Waals surface area contributed by atoms with E-state index < -0.39 is 0 Å². The lowest BCUT2D eigenvalue weighted by molar-refractivity contribution is 0.0744. The van der Waals surface area contributed by atoms with Crippen LogP contribution in [-0.2, 0) is 0 Å². The second-order valence-electron chi connectivity index (χ2n) is 6.74. The van der Waals surface area contributed by atoms with Crippen LogP contribution in [0.4, 0.5) is 4.39 Å². The van der Waals surface area contributed by atoms with Gasteiger partial charge in [-0.15, -0.1) is 11.3 Å². The van der Waals surface area contributed by atoms with Crippen molar-refractivity contribution in [2.75, 3.05) is 13.7 Å². The van der Waals surface area contributed by atoms with E-state index in [9.17, 15) is 9.18 Å². The fourth-order valence-corrected chi connectivity index (χ4v) is 4.69. The van der Waals surface area contributed by atoms with Crippen molar-refractivity contribution < 1.29 is 13.9 Å². The van der Waals surface area contributed by atoms with Gasteiger partial charge in [0.25, 0.3) is 5.91 Å². The summed E-state index contributed by atoms with van der Waals surface area (Å²) in [5, 5.41) is 2.35. The van der Waals surface area contributed by atoms with E-state index in [0.717, 1.165) is 19.4 Å². The number of fused-ring (bicyclic) bond motifs is 1. The van der Waals surface area contributed by atoms with E-state index in [0.29, 0.717) is 27.9 Å².